The van der Waals surface area contributed by atoms with Crippen molar-refractivity contribution in [1.29, 1.82) is 0 Å². The molecule has 3 N–H and O–H groups in total. The van der Waals surface area contributed by atoms with Crippen LogP contribution in [0.2, 0.25) is 0 Å². The third-order valence-electron chi connectivity index (χ3n) is 5.76. The van der Waals surface area contributed by atoms with Crippen LogP contribution in [0.5, 0.6) is 0 Å². The Bertz CT molecular complexity index is 1120. The number of ether oxygens (including phenoxy) is 2. The van der Waals surface area contributed by atoms with Crippen LogP contribution in [-0.2, 0) is 16.0 Å². The number of halogens is 1. The smallest absolute Gasteiger partial charge is 0.315 e. The van der Waals surface area contributed by atoms with Crippen molar-refractivity contribution < 1.29 is 18.7 Å². The summed E-state index contributed by atoms with van der Waals surface area (Å²) in [5.41, 5.74) is 2.31. The van der Waals surface area contributed by atoms with Gasteiger partial charge >= 0.3 is 6.03 Å². The predicted molar refractivity (Wildman–Crippen MR) is 120 cm³/mol. The first kappa shape index (κ1) is 21.3. The third-order valence-corrected chi connectivity index (χ3v) is 5.76. The second kappa shape index (κ2) is 9.51. The average molecular weight is 449 g/mol. The highest BCUT2D eigenvalue weighted by Crippen LogP contribution is 2.29. The van der Waals surface area contributed by atoms with E-state index in [2.05, 4.69) is 25.9 Å². The molecule has 8 nitrogen and oxygen atoms in total. The van der Waals surface area contributed by atoms with Crippen LogP contribution in [0.4, 0.5) is 15.1 Å². The number of benzene rings is 2. The second-order valence-corrected chi connectivity index (χ2v) is 8.04. The lowest BCUT2D eigenvalue weighted by Crippen LogP contribution is -2.48. The molecule has 0 spiro atoms. The van der Waals surface area contributed by atoms with Gasteiger partial charge in [0, 0.05) is 18.3 Å². The number of amides is 2. The van der Waals surface area contributed by atoms with E-state index in [1.165, 1.54) is 12.1 Å². The summed E-state index contributed by atoms with van der Waals surface area (Å²) in [6, 6.07) is 17.0. The number of urea groups is 1. The van der Waals surface area contributed by atoms with Crippen molar-refractivity contribution >= 4 is 12.0 Å². The molecule has 2 saturated heterocycles. The Labute approximate surface area is 190 Å². The Hall–Kier alpha value is -3.56. The van der Waals surface area contributed by atoms with Gasteiger partial charge in [-0.2, -0.15) is 0 Å². The van der Waals surface area contributed by atoms with Crippen LogP contribution in [0.1, 0.15) is 5.56 Å². The van der Waals surface area contributed by atoms with Gasteiger partial charge in [-0.05, 0) is 23.8 Å². The number of nitrogens with zero attached hydrogens (tertiary/aromatic N) is 2. The summed E-state index contributed by atoms with van der Waals surface area (Å²) in [6.07, 6.45) is 1.11. The molecule has 2 aliphatic rings. The summed E-state index contributed by atoms with van der Waals surface area (Å²) in [5.74, 6) is 0.0879. The van der Waals surface area contributed by atoms with Crippen LogP contribution in [0.25, 0.3) is 11.3 Å². The van der Waals surface area contributed by atoms with Crippen LogP contribution >= 0.6 is 0 Å². The summed E-state index contributed by atoms with van der Waals surface area (Å²) in [5, 5.41) is 9.07. The molecule has 2 aliphatic heterocycles. The summed E-state index contributed by atoms with van der Waals surface area (Å²) >= 11 is 0. The number of carbonyl (C=O) groups is 1. The van der Waals surface area contributed by atoms with Gasteiger partial charge in [-0.25, -0.2) is 19.2 Å². The second-order valence-electron chi connectivity index (χ2n) is 8.04. The molecule has 0 radical (unpaired) electrons. The zero-order chi connectivity index (χ0) is 22.6. The molecular weight excluding hydrogens is 425 g/mol. The lowest BCUT2D eigenvalue weighted by atomic mass is 10.1. The highest BCUT2D eigenvalue weighted by atomic mass is 19.1. The number of aromatic nitrogens is 2. The molecule has 1 unspecified atom stereocenters. The van der Waals surface area contributed by atoms with E-state index < -0.39 is 0 Å². The van der Waals surface area contributed by atoms with E-state index in [0.29, 0.717) is 37.0 Å². The SMILES string of the molecule is O=C(NCc1ccccc1)N[C@H]1COC2[C@@H](Nc3nccc(-c4cccc(F)c4)n3)CO[C@@H]21. The van der Waals surface area contributed by atoms with Gasteiger partial charge in [0.15, 0.2) is 0 Å². The minimum absolute atomic E-state index is 0.170. The van der Waals surface area contributed by atoms with Crippen LogP contribution in [0.15, 0.2) is 66.9 Å². The molecular formula is C24H24FN5O3. The highest BCUT2D eigenvalue weighted by Gasteiger charge is 2.48. The van der Waals surface area contributed by atoms with Crippen molar-refractivity contribution in [3.05, 3.63) is 78.2 Å². The van der Waals surface area contributed by atoms with E-state index in [4.69, 9.17) is 9.47 Å². The maximum absolute atomic E-state index is 13.6. The molecule has 170 valence electrons. The number of rotatable bonds is 6. The molecule has 33 heavy (non-hydrogen) atoms. The molecule has 4 atom stereocenters. The molecule has 9 heteroatoms. The lowest BCUT2D eigenvalue weighted by molar-refractivity contribution is 0.0682. The van der Waals surface area contributed by atoms with Gasteiger partial charge in [-0.3, -0.25) is 0 Å². The summed E-state index contributed by atoms with van der Waals surface area (Å²) in [7, 11) is 0. The number of fused-ring (bicyclic) bond motifs is 1. The van der Waals surface area contributed by atoms with Gasteiger partial charge in [0.2, 0.25) is 5.95 Å². The van der Waals surface area contributed by atoms with Gasteiger partial charge in [-0.15, -0.1) is 0 Å². The zero-order valence-electron chi connectivity index (χ0n) is 17.8. The summed E-state index contributed by atoms with van der Waals surface area (Å²) in [4.78, 5) is 21.1. The molecule has 5 rings (SSSR count). The number of hydrogen-bond donors (Lipinski definition) is 3. The first-order valence-electron chi connectivity index (χ1n) is 10.8. The summed E-state index contributed by atoms with van der Waals surface area (Å²) in [6.45, 7) is 1.20. The topological polar surface area (TPSA) is 97.4 Å². The first-order valence-corrected chi connectivity index (χ1v) is 10.8. The molecule has 2 fully saturated rings. The fraction of sp³-hybridized carbons (Fsp3) is 0.292. The normalized spacial score (nSPS) is 23.7. The molecule has 3 aromatic rings. The largest absolute Gasteiger partial charge is 0.371 e. The molecule has 0 saturated carbocycles. The van der Waals surface area contributed by atoms with E-state index in [1.54, 1.807) is 24.4 Å². The van der Waals surface area contributed by atoms with Crippen molar-refractivity contribution in [2.24, 2.45) is 0 Å². The molecule has 3 heterocycles. The van der Waals surface area contributed by atoms with Crippen molar-refractivity contribution in [1.82, 2.24) is 20.6 Å². The Kier molecular flexibility index (Phi) is 6.14. The van der Waals surface area contributed by atoms with Crippen LogP contribution < -0.4 is 16.0 Å². The van der Waals surface area contributed by atoms with Crippen molar-refractivity contribution in [2.45, 2.75) is 30.8 Å². The molecule has 2 aromatic carbocycles. The van der Waals surface area contributed by atoms with E-state index in [0.717, 1.165) is 5.56 Å². The third kappa shape index (κ3) is 4.94. The zero-order valence-corrected chi connectivity index (χ0v) is 17.8. The van der Waals surface area contributed by atoms with Crippen LogP contribution in [0.3, 0.4) is 0 Å². The predicted octanol–water partition coefficient (Wildman–Crippen LogP) is 2.73. The van der Waals surface area contributed by atoms with Crippen molar-refractivity contribution in [2.75, 3.05) is 18.5 Å². The summed E-state index contributed by atoms with van der Waals surface area (Å²) < 4.78 is 25.4. The quantitative estimate of drug-likeness (QED) is 0.536. The minimum Gasteiger partial charge on any atom is -0.371 e. The Morgan fingerprint density at radius 3 is 2.61 bits per heavy atom. The van der Waals surface area contributed by atoms with Crippen LogP contribution in [0, 0.1) is 5.82 Å². The maximum atomic E-state index is 13.6. The number of hydrogen-bond acceptors (Lipinski definition) is 6. The standard InChI is InChI=1S/C24H24FN5O3/c25-17-8-4-7-16(11-17)18-9-10-26-23(28-18)29-19-13-32-22-20(14-33-21(19)22)30-24(31)27-12-15-5-2-1-3-6-15/h1-11,19-22H,12-14H2,(H,26,28,29)(H2,27,30,31)/t19-,20-,21?,22+/m0/s1. The minimum atomic E-state index is -0.321. The van der Waals surface area contributed by atoms with Gasteiger partial charge < -0.3 is 25.4 Å². The lowest BCUT2D eigenvalue weighted by Gasteiger charge is -2.18. The van der Waals surface area contributed by atoms with Gasteiger partial charge in [0.25, 0.3) is 0 Å². The average Bonchev–Trinajstić information content (AvgIpc) is 3.42. The Morgan fingerprint density at radius 2 is 1.79 bits per heavy atom. The van der Waals surface area contributed by atoms with E-state index in [-0.39, 0.29) is 36.1 Å². The van der Waals surface area contributed by atoms with E-state index >= 15 is 0 Å². The van der Waals surface area contributed by atoms with E-state index in [9.17, 15) is 9.18 Å². The van der Waals surface area contributed by atoms with Gasteiger partial charge in [0.1, 0.15) is 18.0 Å². The van der Waals surface area contributed by atoms with Crippen molar-refractivity contribution in [3.8, 4) is 11.3 Å². The number of nitrogens with one attached hydrogen (secondary N) is 3. The fourth-order valence-electron chi connectivity index (χ4n) is 4.15. The molecule has 1 aromatic heterocycles. The number of anilines is 1. The Balaban J connectivity index is 1.17. The molecule has 0 bridgehead atoms. The Morgan fingerprint density at radius 1 is 1.00 bits per heavy atom. The van der Waals surface area contributed by atoms with Crippen molar-refractivity contribution in [3.63, 3.8) is 0 Å². The highest BCUT2D eigenvalue weighted by molar-refractivity contribution is 5.74. The molecule has 0 aliphatic carbocycles. The number of carbonyl (C=O) groups excluding carboxylic acids is 1. The fourth-order valence-corrected chi connectivity index (χ4v) is 4.15. The van der Waals surface area contributed by atoms with Crippen LogP contribution in [-0.4, -0.2) is 53.5 Å². The molecule has 2 amide bonds. The maximum Gasteiger partial charge on any atom is 0.315 e. The van der Waals surface area contributed by atoms with E-state index in [1.807, 2.05) is 30.3 Å². The van der Waals surface area contributed by atoms with Gasteiger partial charge in [0.05, 0.1) is 31.0 Å². The monoisotopic (exact) mass is 449 g/mol. The van der Waals surface area contributed by atoms with Gasteiger partial charge in [-0.1, -0.05) is 42.5 Å². The first-order chi connectivity index (χ1) is 16.2.